The van der Waals surface area contributed by atoms with Gasteiger partial charge >= 0.3 is 6.09 Å². The van der Waals surface area contributed by atoms with Gasteiger partial charge in [0.25, 0.3) is 0 Å². The second-order valence-corrected chi connectivity index (χ2v) is 8.11. The van der Waals surface area contributed by atoms with Crippen molar-refractivity contribution in [2.24, 2.45) is 0 Å². The van der Waals surface area contributed by atoms with Gasteiger partial charge in [-0.25, -0.2) is 9.18 Å². The number of hydrogen-bond acceptors (Lipinski definition) is 4. The molecule has 0 aromatic heterocycles. The summed E-state index contributed by atoms with van der Waals surface area (Å²) in [5, 5.41) is 2.75. The molecular formula is C20H26FN3O4. The van der Waals surface area contributed by atoms with Gasteiger partial charge in [-0.05, 0) is 51.3 Å². The second-order valence-electron chi connectivity index (χ2n) is 8.11. The van der Waals surface area contributed by atoms with E-state index >= 15 is 0 Å². The number of carbonyl (C=O) groups is 3. The lowest BCUT2D eigenvalue weighted by atomic mass is 10.0. The lowest BCUT2D eigenvalue weighted by Crippen LogP contribution is -2.57. The Labute approximate surface area is 163 Å². The maximum absolute atomic E-state index is 13.3. The summed E-state index contributed by atoms with van der Waals surface area (Å²) < 4.78 is 18.7. The van der Waals surface area contributed by atoms with E-state index in [1.54, 1.807) is 20.8 Å². The normalized spacial score (nSPS) is 22.8. The lowest BCUT2D eigenvalue weighted by Gasteiger charge is -2.38. The van der Waals surface area contributed by atoms with Gasteiger partial charge in [-0.2, -0.15) is 0 Å². The molecule has 2 unspecified atom stereocenters. The number of hydrogen-bond donors (Lipinski definition) is 1. The van der Waals surface area contributed by atoms with E-state index in [0.29, 0.717) is 38.0 Å². The average Bonchev–Trinajstić information content (AvgIpc) is 3.10. The van der Waals surface area contributed by atoms with Crippen molar-refractivity contribution in [3.8, 4) is 0 Å². The molecule has 3 amide bonds. The Hall–Kier alpha value is -2.64. The van der Waals surface area contributed by atoms with E-state index in [-0.39, 0.29) is 11.8 Å². The van der Waals surface area contributed by atoms with Crippen LogP contribution in [-0.2, 0) is 14.3 Å². The zero-order valence-electron chi connectivity index (χ0n) is 16.4. The zero-order chi connectivity index (χ0) is 20.5. The van der Waals surface area contributed by atoms with Gasteiger partial charge in [0.05, 0.1) is 0 Å². The Morgan fingerprint density at radius 3 is 2.46 bits per heavy atom. The van der Waals surface area contributed by atoms with Crippen LogP contribution in [0.2, 0.25) is 0 Å². The number of amides is 3. The summed E-state index contributed by atoms with van der Waals surface area (Å²) in [7, 11) is 0. The number of rotatable bonds is 2. The summed E-state index contributed by atoms with van der Waals surface area (Å²) >= 11 is 0. The van der Waals surface area contributed by atoms with E-state index in [1.807, 2.05) is 0 Å². The molecule has 0 bridgehead atoms. The van der Waals surface area contributed by atoms with Gasteiger partial charge in [0.15, 0.2) is 0 Å². The minimum absolute atomic E-state index is 0.285. The summed E-state index contributed by atoms with van der Waals surface area (Å²) in [5.74, 6) is -1.01. The van der Waals surface area contributed by atoms with Crippen LogP contribution in [0.3, 0.4) is 0 Å². The highest BCUT2D eigenvalue weighted by molar-refractivity contribution is 5.93. The summed E-state index contributed by atoms with van der Waals surface area (Å²) in [4.78, 5) is 41.3. The van der Waals surface area contributed by atoms with Crippen LogP contribution in [0.25, 0.3) is 0 Å². The topological polar surface area (TPSA) is 79.0 Å². The van der Waals surface area contributed by atoms with Crippen molar-refractivity contribution in [3.63, 3.8) is 0 Å². The number of carbonyl (C=O) groups excluding carboxylic acids is 3. The van der Waals surface area contributed by atoms with E-state index in [4.69, 9.17) is 4.74 Å². The van der Waals surface area contributed by atoms with Crippen molar-refractivity contribution in [2.75, 3.05) is 19.6 Å². The molecule has 2 aliphatic heterocycles. The quantitative estimate of drug-likeness (QED) is 0.839. The third-order valence-electron chi connectivity index (χ3n) is 4.85. The molecule has 1 N–H and O–H groups in total. The van der Waals surface area contributed by atoms with Gasteiger partial charge in [-0.15, -0.1) is 0 Å². The molecule has 2 saturated heterocycles. The highest BCUT2D eigenvalue weighted by Crippen LogP contribution is 2.29. The minimum atomic E-state index is -0.845. The van der Waals surface area contributed by atoms with Gasteiger partial charge in [0, 0.05) is 19.6 Å². The lowest BCUT2D eigenvalue weighted by molar-refractivity contribution is -0.146. The van der Waals surface area contributed by atoms with E-state index < -0.39 is 29.6 Å². The minimum Gasteiger partial charge on any atom is -0.444 e. The molecule has 7 nitrogen and oxygen atoms in total. The fourth-order valence-corrected chi connectivity index (χ4v) is 3.63. The van der Waals surface area contributed by atoms with Crippen molar-refractivity contribution < 1.29 is 23.5 Å². The first-order chi connectivity index (χ1) is 13.2. The van der Waals surface area contributed by atoms with Crippen molar-refractivity contribution in [1.82, 2.24) is 15.1 Å². The second kappa shape index (κ2) is 7.77. The van der Waals surface area contributed by atoms with Gasteiger partial charge in [-0.3, -0.25) is 14.5 Å². The molecule has 8 heteroatoms. The SMILES string of the molecule is CC(C)(C)OC(=O)N1CCCC1C(=O)N1CCNC(=O)C1c1ccc(F)cc1. The Morgan fingerprint density at radius 2 is 1.82 bits per heavy atom. The molecule has 28 heavy (non-hydrogen) atoms. The largest absolute Gasteiger partial charge is 0.444 e. The van der Waals surface area contributed by atoms with E-state index in [9.17, 15) is 18.8 Å². The maximum Gasteiger partial charge on any atom is 0.410 e. The Balaban J connectivity index is 1.83. The van der Waals surface area contributed by atoms with E-state index in [2.05, 4.69) is 5.32 Å². The summed E-state index contributed by atoms with van der Waals surface area (Å²) in [6.07, 6.45) is 0.687. The molecule has 2 fully saturated rings. The predicted molar refractivity (Wildman–Crippen MR) is 99.8 cm³/mol. The Morgan fingerprint density at radius 1 is 1.14 bits per heavy atom. The fraction of sp³-hybridized carbons (Fsp3) is 0.550. The average molecular weight is 391 g/mol. The number of halogens is 1. The van der Waals surface area contributed by atoms with Gasteiger partial charge in [-0.1, -0.05) is 12.1 Å². The molecule has 0 radical (unpaired) electrons. The van der Waals surface area contributed by atoms with Crippen LogP contribution < -0.4 is 5.32 Å². The third kappa shape index (κ3) is 4.26. The van der Waals surface area contributed by atoms with Crippen LogP contribution in [-0.4, -0.2) is 59.0 Å². The third-order valence-corrected chi connectivity index (χ3v) is 4.85. The molecule has 0 aliphatic carbocycles. The summed E-state index contributed by atoms with van der Waals surface area (Å²) in [6, 6.07) is 4.04. The molecule has 1 aromatic rings. The number of nitrogens with zero attached hydrogens (tertiary/aromatic N) is 2. The molecule has 0 spiro atoms. The van der Waals surface area contributed by atoms with Crippen molar-refractivity contribution in [3.05, 3.63) is 35.6 Å². The van der Waals surface area contributed by atoms with Crippen molar-refractivity contribution >= 4 is 17.9 Å². The molecule has 152 valence electrons. The molecule has 1 aromatic carbocycles. The monoisotopic (exact) mass is 391 g/mol. The summed E-state index contributed by atoms with van der Waals surface area (Å²) in [6.45, 7) is 6.42. The van der Waals surface area contributed by atoms with Gasteiger partial charge in [0.2, 0.25) is 11.8 Å². The highest BCUT2D eigenvalue weighted by atomic mass is 19.1. The van der Waals surface area contributed by atoms with Crippen LogP contribution >= 0.6 is 0 Å². The predicted octanol–water partition coefficient (Wildman–Crippen LogP) is 2.22. The maximum atomic E-state index is 13.3. The highest BCUT2D eigenvalue weighted by Gasteiger charge is 2.43. The molecule has 2 aliphatic rings. The van der Waals surface area contributed by atoms with E-state index in [1.165, 1.54) is 34.1 Å². The molecular weight excluding hydrogens is 365 g/mol. The van der Waals surface area contributed by atoms with Crippen LogP contribution in [0.15, 0.2) is 24.3 Å². The summed E-state index contributed by atoms with van der Waals surface area (Å²) in [5.41, 5.74) is -0.122. The van der Waals surface area contributed by atoms with Crippen molar-refractivity contribution in [2.45, 2.75) is 51.3 Å². The first-order valence-electron chi connectivity index (χ1n) is 9.50. The number of piperazine rings is 1. The number of likely N-dealkylation sites (tertiary alicyclic amines) is 1. The molecule has 2 atom stereocenters. The van der Waals surface area contributed by atoms with Crippen LogP contribution in [0.1, 0.15) is 45.2 Å². The Kier molecular flexibility index (Phi) is 5.58. The van der Waals surface area contributed by atoms with Gasteiger partial charge < -0.3 is 15.0 Å². The van der Waals surface area contributed by atoms with Crippen LogP contribution in [0.4, 0.5) is 9.18 Å². The number of ether oxygens (including phenoxy) is 1. The molecule has 0 saturated carbocycles. The first kappa shape index (κ1) is 20.1. The fourth-order valence-electron chi connectivity index (χ4n) is 3.63. The number of benzene rings is 1. The Bertz CT molecular complexity index is 760. The van der Waals surface area contributed by atoms with Gasteiger partial charge in [0.1, 0.15) is 23.5 Å². The van der Waals surface area contributed by atoms with Crippen LogP contribution in [0, 0.1) is 5.82 Å². The van der Waals surface area contributed by atoms with Crippen LogP contribution in [0.5, 0.6) is 0 Å². The standard InChI is InChI=1S/C20H26FN3O4/c1-20(2,3)28-19(27)23-11-4-5-15(23)18(26)24-12-10-22-17(25)16(24)13-6-8-14(21)9-7-13/h6-9,15-16H,4-5,10-12H2,1-3H3,(H,22,25). The first-order valence-corrected chi connectivity index (χ1v) is 9.50. The molecule has 2 heterocycles. The zero-order valence-corrected chi connectivity index (χ0v) is 16.4. The van der Waals surface area contributed by atoms with E-state index in [0.717, 1.165) is 0 Å². The molecule has 3 rings (SSSR count). The smallest absolute Gasteiger partial charge is 0.410 e. The van der Waals surface area contributed by atoms with Crippen molar-refractivity contribution in [1.29, 1.82) is 0 Å². The number of nitrogens with one attached hydrogen (secondary N) is 1.